The predicted octanol–water partition coefficient (Wildman–Crippen LogP) is 6.20. The number of carbonyl (C=O) groups excluding carboxylic acids is 2. The molecule has 0 heterocycles. The summed E-state index contributed by atoms with van der Waals surface area (Å²) in [7, 11) is 0. The maximum absolute atomic E-state index is 13.0. The third-order valence-corrected chi connectivity index (χ3v) is 4.90. The van der Waals surface area contributed by atoms with Crippen LogP contribution in [0.25, 0.3) is 0 Å². The van der Waals surface area contributed by atoms with Gasteiger partial charge in [-0.05, 0) is 61.4 Å². The summed E-state index contributed by atoms with van der Waals surface area (Å²) in [5.74, 6) is -1.29. The quantitative estimate of drug-likeness (QED) is 0.416. The van der Waals surface area contributed by atoms with E-state index in [0.717, 1.165) is 24.1 Å². The number of hydrogen-bond donors (Lipinski definition) is 2. The minimum atomic E-state index is -4.49. The number of rotatable bonds is 7. The molecule has 0 aliphatic heterocycles. The fourth-order valence-corrected chi connectivity index (χ4v) is 3.04. The van der Waals surface area contributed by atoms with E-state index in [-0.39, 0.29) is 16.9 Å². The molecule has 5 nitrogen and oxygen atoms in total. The van der Waals surface area contributed by atoms with Gasteiger partial charge in [0.15, 0.2) is 6.10 Å². The second-order valence-electron chi connectivity index (χ2n) is 7.34. The molecule has 0 saturated heterocycles. The number of nitrogens with one attached hydrogen (secondary N) is 2. The smallest absolute Gasteiger partial charge is 0.416 e. The van der Waals surface area contributed by atoms with Gasteiger partial charge >= 0.3 is 12.1 Å². The highest BCUT2D eigenvalue weighted by Crippen LogP contribution is 2.32. The SMILES string of the molecule is CCc1ccc(NC(=O)C(C)OC(=O)c2ccccc2Nc2cccc(C(F)(F)F)c2)cc1. The molecule has 172 valence electrons. The summed E-state index contributed by atoms with van der Waals surface area (Å²) in [5.41, 5.74) is 1.38. The maximum atomic E-state index is 13.0. The van der Waals surface area contributed by atoms with Crippen LogP contribution < -0.4 is 10.6 Å². The fraction of sp³-hybridized carbons (Fsp3) is 0.200. The summed E-state index contributed by atoms with van der Waals surface area (Å²) in [6.45, 7) is 3.46. The van der Waals surface area contributed by atoms with Gasteiger partial charge in [0.25, 0.3) is 5.91 Å². The Morgan fingerprint density at radius 1 is 0.939 bits per heavy atom. The van der Waals surface area contributed by atoms with Crippen molar-refractivity contribution in [1.29, 1.82) is 0 Å². The number of carbonyl (C=O) groups is 2. The molecule has 1 amide bonds. The van der Waals surface area contributed by atoms with Gasteiger partial charge in [-0.15, -0.1) is 0 Å². The number of aryl methyl sites for hydroxylation is 1. The summed E-state index contributed by atoms with van der Waals surface area (Å²) in [4.78, 5) is 25.1. The van der Waals surface area contributed by atoms with Crippen LogP contribution in [0.4, 0.5) is 30.2 Å². The standard InChI is InChI=1S/C25H23F3N2O3/c1-3-17-11-13-19(14-12-17)30-23(31)16(2)33-24(32)21-9-4-5-10-22(21)29-20-8-6-7-18(15-20)25(26,27)28/h4-16,29H,3H2,1-2H3,(H,30,31). The van der Waals surface area contributed by atoms with Gasteiger partial charge in [0, 0.05) is 11.4 Å². The highest BCUT2D eigenvalue weighted by atomic mass is 19.4. The molecule has 0 bridgehead atoms. The molecule has 2 N–H and O–H groups in total. The molecule has 0 saturated carbocycles. The van der Waals surface area contributed by atoms with E-state index in [1.54, 1.807) is 24.3 Å². The number of para-hydroxylation sites is 1. The summed E-state index contributed by atoms with van der Waals surface area (Å²) in [6.07, 6.45) is -4.71. The average Bonchev–Trinajstić information content (AvgIpc) is 2.79. The van der Waals surface area contributed by atoms with Crippen LogP contribution in [0, 0.1) is 0 Å². The van der Waals surface area contributed by atoms with Crippen molar-refractivity contribution in [3.05, 3.63) is 89.5 Å². The topological polar surface area (TPSA) is 67.4 Å². The Labute approximate surface area is 189 Å². The van der Waals surface area contributed by atoms with Gasteiger partial charge in [0.1, 0.15) is 0 Å². The first-order chi connectivity index (χ1) is 15.7. The molecule has 0 aliphatic carbocycles. The van der Waals surface area contributed by atoms with Crippen LogP contribution in [0.1, 0.15) is 35.3 Å². The van der Waals surface area contributed by atoms with E-state index < -0.39 is 29.7 Å². The van der Waals surface area contributed by atoms with Gasteiger partial charge in [-0.1, -0.05) is 37.3 Å². The molecule has 33 heavy (non-hydrogen) atoms. The first-order valence-corrected chi connectivity index (χ1v) is 10.3. The van der Waals surface area contributed by atoms with E-state index in [1.165, 1.54) is 31.2 Å². The molecule has 3 rings (SSSR count). The Kier molecular flexibility index (Phi) is 7.37. The molecule has 8 heteroatoms. The number of amides is 1. The Hall–Kier alpha value is -3.81. The van der Waals surface area contributed by atoms with Crippen LogP contribution in [0.2, 0.25) is 0 Å². The van der Waals surface area contributed by atoms with Crippen LogP contribution >= 0.6 is 0 Å². The number of hydrogen-bond acceptors (Lipinski definition) is 4. The molecule has 1 atom stereocenters. The van der Waals surface area contributed by atoms with Crippen molar-refractivity contribution in [2.45, 2.75) is 32.5 Å². The summed E-state index contributed by atoms with van der Waals surface area (Å²) in [6, 6.07) is 18.2. The number of anilines is 3. The molecular weight excluding hydrogens is 433 g/mol. The summed E-state index contributed by atoms with van der Waals surface area (Å²) >= 11 is 0. The normalized spacial score (nSPS) is 12.0. The minimum Gasteiger partial charge on any atom is -0.449 e. The van der Waals surface area contributed by atoms with Crippen molar-refractivity contribution >= 4 is 28.9 Å². The largest absolute Gasteiger partial charge is 0.449 e. The Morgan fingerprint density at radius 3 is 2.30 bits per heavy atom. The first kappa shape index (κ1) is 23.8. The molecule has 0 aliphatic rings. The Morgan fingerprint density at radius 2 is 1.64 bits per heavy atom. The van der Waals surface area contributed by atoms with E-state index in [4.69, 9.17) is 4.74 Å². The minimum absolute atomic E-state index is 0.0851. The number of benzene rings is 3. The molecular formula is C25H23F3N2O3. The zero-order valence-corrected chi connectivity index (χ0v) is 18.1. The van der Waals surface area contributed by atoms with Crippen molar-refractivity contribution in [1.82, 2.24) is 0 Å². The molecule has 0 aromatic heterocycles. The van der Waals surface area contributed by atoms with E-state index in [0.29, 0.717) is 5.69 Å². The maximum Gasteiger partial charge on any atom is 0.416 e. The average molecular weight is 456 g/mol. The fourth-order valence-electron chi connectivity index (χ4n) is 3.04. The molecule has 0 fully saturated rings. The van der Waals surface area contributed by atoms with Crippen LogP contribution in [0.5, 0.6) is 0 Å². The predicted molar refractivity (Wildman–Crippen MR) is 120 cm³/mol. The lowest BCUT2D eigenvalue weighted by molar-refractivity contribution is -0.137. The van der Waals surface area contributed by atoms with E-state index in [9.17, 15) is 22.8 Å². The van der Waals surface area contributed by atoms with Crippen molar-refractivity contribution < 1.29 is 27.5 Å². The van der Waals surface area contributed by atoms with E-state index in [2.05, 4.69) is 10.6 Å². The molecule has 3 aromatic rings. The molecule has 0 radical (unpaired) electrons. The van der Waals surface area contributed by atoms with Gasteiger partial charge in [0.05, 0.1) is 16.8 Å². The van der Waals surface area contributed by atoms with Crippen LogP contribution in [-0.4, -0.2) is 18.0 Å². The van der Waals surface area contributed by atoms with Gasteiger partial charge in [-0.25, -0.2) is 4.79 Å². The van der Waals surface area contributed by atoms with Crippen molar-refractivity contribution in [3.63, 3.8) is 0 Å². The van der Waals surface area contributed by atoms with Crippen molar-refractivity contribution in [2.24, 2.45) is 0 Å². The summed E-state index contributed by atoms with van der Waals surface area (Å²) in [5, 5.41) is 5.50. The third-order valence-electron chi connectivity index (χ3n) is 4.90. The van der Waals surface area contributed by atoms with Gasteiger partial charge in [-0.3, -0.25) is 4.79 Å². The molecule has 0 spiro atoms. The number of alkyl halides is 3. The zero-order valence-electron chi connectivity index (χ0n) is 18.1. The van der Waals surface area contributed by atoms with E-state index >= 15 is 0 Å². The molecule has 3 aromatic carbocycles. The summed E-state index contributed by atoms with van der Waals surface area (Å²) < 4.78 is 44.3. The lowest BCUT2D eigenvalue weighted by atomic mass is 10.1. The second kappa shape index (κ2) is 10.2. The highest BCUT2D eigenvalue weighted by molar-refractivity contribution is 6.00. The number of esters is 1. The zero-order chi connectivity index (χ0) is 24.0. The van der Waals surface area contributed by atoms with Gasteiger partial charge < -0.3 is 15.4 Å². The highest BCUT2D eigenvalue weighted by Gasteiger charge is 2.30. The first-order valence-electron chi connectivity index (χ1n) is 10.3. The van der Waals surface area contributed by atoms with E-state index in [1.807, 2.05) is 19.1 Å². The van der Waals surface area contributed by atoms with Gasteiger partial charge in [-0.2, -0.15) is 13.2 Å². The van der Waals surface area contributed by atoms with Crippen molar-refractivity contribution in [2.75, 3.05) is 10.6 Å². The van der Waals surface area contributed by atoms with Crippen LogP contribution in [-0.2, 0) is 22.1 Å². The number of halogens is 3. The Balaban J connectivity index is 1.69. The lowest BCUT2D eigenvalue weighted by Crippen LogP contribution is -2.30. The third kappa shape index (κ3) is 6.35. The monoisotopic (exact) mass is 456 g/mol. The lowest BCUT2D eigenvalue weighted by Gasteiger charge is -2.16. The van der Waals surface area contributed by atoms with Gasteiger partial charge in [0.2, 0.25) is 0 Å². The Bertz CT molecular complexity index is 1130. The van der Waals surface area contributed by atoms with Crippen molar-refractivity contribution in [3.8, 4) is 0 Å². The number of ether oxygens (including phenoxy) is 1. The van der Waals surface area contributed by atoms with Crippen LogP contribution in [0.15, 0.2) is 72.8 Å². The van der Waals surface area contributed by atoms with Crippen LogP contribution in [0.3, 0.4) is 0 Å². The second-order valence-corrected chi connectivity index (χ2v) is 7.34. The molecule has 1 unspecified atom stereocenters.